The predicted molar refractivity (Wildman–Crippen MR) is 78.6 cm³/mol. The first-order valence-electron chi connectivity index (χ1n) is 7.17. The normalized spacial score (nSPS) is 15.9. The van der Waals surface area contributed by atoms with Crippen LogP contribution in [0.3, 0.4) is 0 Å². The van der Waals surface area contributed by atoms with Crippen molar-refractivity contribution in [1.82, 2.24) is 4.98 Å². The van der Waals surface area contributed by atoms with E-state index in [4.69, 9.17) is 14.2 Å². The lowest BCUT2D eigenvalue weighted by Gasteiger charge is -2.26. The maximum Gasteiger partial charge on any atom is 0.207 e. The van der Waals surface area contributed by atoms with E-state index >= 15 is 0 Å². The van der Waals surface area contributed by atoms with Crippen LogP contribution in [0.25, 0.3) is 0 Å². The van der Waals surface area contributed by atoms with Gasteiger partial charge >= 0.3 is 0 Å². The number of ether oxygens (including phenoxy) is 3. The number of hydrogen-bond donors (Lipinski definition) is 0. The first-order valence-corrected chi connectivity index (χ1v) is 7.17. The summed E-state index contributed by atoms with van der Waals surface area (Å²) < 4.78 is 17.9. The molecule has 0 aromatic carbocycles. The summed E-state index contributed by atoms with van der Waals surface area (Å²) in [6.45, 7) is 12.0. The molecule has 0 atom stereocenters. The van der Waals surface area contributed by atoms with Crippen LogP contribution in [0.1, 0.15) is 54.4 Å². The minimum atomic E-state index is -0.302. The van der Waals surface area contributed by atoms with Gasteiger partial charge in [0.15, 0.2) is 11.5 Å². The number of hydrogen-bond acceptors (Lipinski definition) is 4. The monoisotopic (exact) mass is 279 g/mol. The van der Waals surface area contributed by atoms with Gasteiger partial charge in [0.1, 0.15) is 11.2 Å². The Bertz CT molecular complexity index is 433. The van der Waals surface area contributed by atoms with E-state index in [0.29, 0.717) is 17.2 Å². The third-order valence-corrected chi connectivity index (χ3v) is 2.47. The highest BCUT2D eigenvalue weighted by molar-refractivity contribution is 5.49. The fourth-order valence-electron chi connectivity index (χ4n) is 1.69. The van der Waals surface area contributed by atoms with Crippen molar-refractivity contribution in [2.45, 2.75) is 71.7 Å². The van der Waals surface area contributed by atoms with Gasteiger partial charge in [-0.05, 0) is 54.4 Å². The van der Waals surface area contributed by atoms with Crippen LogP contribution in [0.2, 0.25) is 0 Å². The van der Waals surface area contributed by atoms with Gasteiger partial charge in [-0.1, -0.05) is 0 Å². The van der Waals surface area contributed by atoms with Gasteiger partial charge in [0.05, 0.1) is 18.5 Å². The van der Waals surface area contributed by atoms with Crippen LogP contribution < -0.4 is 14.2 Å². The molecule has 0 amide bonds. The quantitative estimate of drug-likeness (QED) is 0.836. The molecule has 2 rings (SSSR count). The van der Waals surface area contributed by atoms with Gasteiger partial charge in [0, 0.05) is 0 Å². The Morgan fingerprint density at radius 2 is 1.35 bits per heavy atom. The van der Waals surface area contributed by atoms with E-state index in [1.165, 1.54) is 0 Å². The highest BCUT2D eigenvalue weighted by atomic mass is 16.6. The van der Waals surface area contributed by atoms with Crippen LogP contribution in [0.15, 0.2) is 12.4 Å². The second-order valence-electron chi connectivity index (χ2n) is 7.21. The lowest BCUT2D eigenvalue weighted by atomic mass is 10.2. The summed E-state index contributed by atoms with van der Waals surface area (Å²) in [6, 6.07) is 0. The zero-order valence-electron chi connectivity index (χ0n) is 13.3. The summed E-state index contributed by atoms with van der Waals surface area (Å²) in [7, 11) is 0. The Balaban J connectivity index is 2.32. The van der Waals surface area contributed by atoms with E-state index < -0.39 is 0 Å². The third kappa shape index (κ3) is 4.58. The topological polar surface area (TPSA) is 40.6 Å². The molecule has 1 aliphatic carbocycles. The second kappa shape index (κ2) is 5.15. The molecule has 1 aromatic rings. The molecule has 0 N–H and O–H groups in total. The van der Waals surface area contributed by atoms with Crippen molar-refractivity contribution in [3.8, 4) is 17.2 Å². The minimum Gasteiger partial charge on any atom is -0.483 e. The Morgan fingerprint density at radius 1 is 0.900 bits per heavy atom. The smallest absolute Gasteiger partial charge is 0.207 e. The average Bonchev–Trinajstić information content (AvgIpc) is 3.02. The van der Waals surface area contributed by atoms with Crippen LogP contribution in [0.5, 0.6) is 17.2 Å². The standard InChI is InChI=1S/C16H25NO3/c1-15(2,3)19-12-9-17-10-13(20-16(4,5)6)14(12)18-11-7-8-11/h9-11H,7-8H2,1-6H3. The maximum atomic E-state index is 5.99. The first-order chi connectivity index (χ1) is 9.14. The largest absolute Gasteiger partial charge is 0.483 e. The molecule has 0 unspecified atom stereocenters. The van der Waals surface area contributed by atoms with E-state index in [1.54, 1.807) is 12.4 Å². The first kappa shape index (κ1) is 14.9. The van der Waals surface area contributed by atoms with Crippen LogP contribution >= 0.6 is 0 Å². The van der Waals surface area contributed by atoms with Gasteiger partial charge in [-0.2, -0.15) is 0 Å². The molecule has 1 aliphatic rings. The summed E-state index contributed by atoms with van der Waals surface area (Å²) >= 11 is 0. The molecule has 0 aliphatic heterocycles. The van der Waals surface area contributed by atoms with E-state index in [1.807, 2.05) is 41.5 Å². The average molecular weight is 279 g/mol. The fraction of sp³-hybridized carbons (Fsp3) is 0.688. The van der Waals surface area contributed by atoms with E-state index in [-0.39, 0.29) is 17.3 Å². The summed E-state index contributed by atoms with van der Waals surface area (Å²) in [5.74, 6) is 1.96. The zero-order chi connectivity index (χ0) is 15.0. The Kier molecular flexibility index (Phi) is 3.85. The molecule has 4 heteroatoms. The van der Waals surface area contributed by atoms with Gasteiger partial charge in [-0.3, -0.25) is 4.98 Å². The van der Waals surface area contributed by atoms with Crippen molar-refractivity contribution in [2.75, 3.05) is 0 Å². The van der Waals surface area contributed by atoms with Gasteiger partial charge < -0.3 is 14.2 Å². The maximum absolute atomic E-state index is 5.99. The summed E-state index contributed by atoms with van der Waals surface area (Å²) in [5, 5.41) is 0. The highest BCUT2D eigenvalue weighted by Crippen LogP contribution is 2.42. The number of aromatic nitrogens is 1. The van der Waals surface area contributed by atoms with Gasteiger partial charge in [0.2, 0.25) is 5.75 Å². The molecule has 4 nitrogen and oxygen atoms in total. The van der Waals surface area contributed by atoms with Crippen molar-refractivity contribution >= 4 is 0 Å². The van der Waals surface area contributed by atoms with Crippen LogP contribution in [0.4, 0.5) is 0 Å². The summed E-state index contributed by atoms with van der Waals surface area (Å²) in [6.07, 6.45) is 5.84. The summed E-state index contributed by atoms with van der Waals surface area (Å²) in [5.41, 5.74) is -0.604. The number of nitrogens with zero attached hydrogens (tertiary/aromatic N) is 1. The second-order valence-corrected chi connectivity index (χ2v) is 7.21. The lowest BCUT2D eigenvalue weighted by Crippen LogP contribution is -2.25. The molecule has 1 heterocycles. The minimum absolute atomic E-state index is 0.280. The molecule has 112 valence electrons. The van der Waals surface area contributed by atoms with Crippen molar-refractivity contribution in [3.05, 3.63) is 12.4 Å². The highest BCUT2D eigenvalue weighted by Gasteiger charge is 2.29. The van der Waals surface area contributed by atoms with Gasteiger partial charge in [-0.15, -0.1) is 0 Å². The molecule has 1 fully saturated rings. The molecule has 1 aromatic heterocycles. The van der Waals surface area contributed by atoms with Crippen LogP contribution in [0, 0.1) is 0 Å². The lowest BCUT2D eigenvalue weighted by molar-refractivity contribution is 0.105. The number of rotatable bonds is 4. The molecule has 0 bridgehead atoms. The Hall–Kier alpha value is -1.45. The summed E-state index contributed by atoms with van der Waals surface area (Å²) in [4.78, 5) is 4.21. The van der Waals surface area contributed by atoms with E-state index in [2.05, 4.69) is 4.98 Å². The van der Waals surface area contributed by atoms with Crippen molar-refractivity contribution in [1.29, 1.82) is 0 Å². The van der Waals surface area contributed by atoms with Crippen LogP contribution in [-0.4, -0.2) is 22.3 Å². The van der Waals surface area contributed by atoms with Crippen molar-refractivity contribution < 1.29 is 14.2 Å². The molecular weight excluding hydrogens is 254 g/mol. The molecule has 20 heavy (non-hydrogen) atoms. The van der Waals surface area contributed by atoms with Crippen molar-refractivity contribution in [2.24, 2.45) is 0 Å². The SMILES string of the molecule is CC(C)(C)Oc1cncc(OC(C)(C)C)c1OC1CC1. The molecular formula is C16H25NO3. The fourth-order valence-corrected chi connectivity index (χ4v) is 1.69. The van der Waals surface area contributed by atoms with Gasteiger partial charge in [-0.25, -0.2) is 0 Å². The Morgan fingerprint density at radius 3 is 1.70 bits per heavy atom. The molecule has 1 saturated carbocycles. The number of pyridine rings is 1. The predicted octanol–water partition coefficient (Wildman–Crippen LogP) is 3.98. The van der Waals surface area contributed by atoms with Crippen LogP contribution in [-0.2, 0) is 0 Å². The van der Waals surface area contributed by atoms with Crippen molar-refractivity contribution in [3.63, 3.8) is 0 Å². The zero-order valence-corrected chi connectivity index (χ0v) is 13.3. The molecule has 0 spiro atoms. The van der Waals surface area contributed by atoms with E-state index in [0.717, 1.165) is 12.8 Å². The molecule has 0 radical (unpaired) electrons. The Labute approximate surface area is 121 Å². The third-order valence-electron chi connectivity index (χ3n) is 2.47. The van der Waals surface area contributed by atoms with Gasteiger partial charge in [0.25, 0.3) is 0 Å². The molecule has 0 saturated heterocycles. The van der Waals surface area contributed by atoms with E-state index in [9.17, 15) is 0 Å².